The molecule has 9 nitrogen and oxygen atoms in total. The zero-order valence-electron chi connectivity index (χ0n) is 22.7. The molecule has 212 valence electrons. The van der Waals surface area contributed by atoms with Crippen LogP contribution in [0.15, 0.2) is 84.9 Å². The average molecular weight is 572 g/mol. The second-order valence-corrected chi connectivity index (χ2v) is 12.9. The van der Waals surface area contributed by atoms with Gasteiger partial charge in [-0.3, -0.25) is 4.79 Å². The third-order valence-electron chi connectivity index (χ3n) is 7.71. The highest BCUT2D eigenvalue weighted by Crippen LogP contribution is 2.29. The number of piperazine rings is 1. The van der Waals surface area contributed by atoms with E-state index < -0.39 is 9.84 Å². The highest BCUT2D eigenvalue weighted by atomic mass is 32.2. The van der Waals surface area contributed by atoms with E-state index in [0.29, 0.717) is 55.3 Å². The van der Waals surface area contributed by atoms with Crippen LogP contribution in [0.5, 0.6) is 5.75 Å². The van der Waals surface area contributed by atoms with Crippen LogP contribution >= 0.6 is 0 Å². The van der Waals surface area contributed by atoms with Gasteiger partial charge in [-0.25, -0.2) is 13.1 Å². The van der Waals surface area contributed by atoms with E-state index in [9.17, 15) is 13.2 Å². The number of ether oxygens (including phenoxy) is 1. The number of rotatable bonds is 7. The standard InChI is InChI=1S/C31H33N5O4S/c37-31(35-17-16-32-22-26(35)20-23-8-3-1-4-9-23)29-30(24-10-5-2-6-11-24)36(34-33-29)25-12-7-13-28(21-25)40-27-14-18-41(38,39)19-15-27/h1-13,21,26-27,32H,14-20,22H2/t26-/m1/s1. The van der Waals surface area contributed by atoms with Crippen LogP contribution in [0.3, 0.4) is 0 Å². The Bertz CT molecular complexity index is 1590. The highest BCUT2D eigenvalue weighted by Gasteiger charge is 2.32. The van der Waals surface area contributed by atoms with Crippen LogP contribution in [-0.4, -0.2) is 77.5 Å². The lowest BCUT2D eigenvalue weighted by Gasteiger charge is -2.36. The molecule has 1 atom stereocenters. The third-order valence-corrected chi connectivity index (χ3v) is 9.43. The van der Waals surface area contributed by atoms with Gasteiger partial charge in [-0.1, -0.05) is 71.9 Å². The van der Waals surface area contributed by atoms with Crippen molar-refractivity contribution in [2.24, 2.45) is 0 Å². The van der Waals surface area contributed by atoms with Crippen LogP contribution in [0.25, 0.3) is 16.9 Å². The van der Waals surface area contributed by atoms with Crippen LogP contribution < -0.4 is 10.1 Å². The van der Waals surface area contributed by atoms with Crippen LogP contribution in [0.2, 0.25) is 0 Å². The summed E-state index contributed by atoms with van der Waals surface area (Å²) in [4.78, 5) is 16.0. The number of amides is 1. The van der Waals surface area contributed by atoms with Gasteiger partial charge in [-0.2, -0.15) is 0 Å². The number of carbonyl (C=O) groups excluding carboxylic acids is 1. The molecule has 6 rings (SSSR count). The van der Waals surface area contributed by atoms with Crippen molar-refractivity contribution in [3.63, 3.8) is 0 Å². The van der Waals surface area contributed by atoms with Gasteiger partial charge in [0, 0.05) is 37.3 Å². The number of hydrogen-bond donors (Lipinski definition) is 1. The predicted octanol–water partition coefficient (Wildman–Crippen LogP) is 3.55. The SMILES string of the molecule is O=C(c1nnn(-c2cccc(OC3CCS(=O)(=O)CC3)c2)c1-c1ccccc1)N1CCNC[C@H]1Cc1ccccc1. The van der Waals surface area contributed by atoms with Crippen molar-refractivity contribution in [1.82, 2.24) is 25.2 Å². The van der Waals surface area contributed by atoms with E-state index in [2.05, 4.69) is 27.8 Å². The predicted molar refractivity (Wildman–Crippen MR) is 157 cm³/mol. The van der Waals surface area contributed by atoms with Crippen LogP contribution in [0.4, 0.5) is 0 Å². The summed E-state index contributed by atoms with van der Waals surface area (Å²) in [6.07, 6.45) is 1.53. The van der Waals surface area contributed by atoms with E-state index in [1.54, 1.807) is 4.68 Å². The van der Waals surface area contributed by atoms with E-state index in [1.807, 2.05) is 77.7 Å². The van der Waals surface area contributed by atoms with Crippen molar-refractivity contribution in [3.05, 3.63) is 96.2 Å². The minimum Gasteiger partial charge on any atom is -0.490 e. The first-order valence-corrected chi connectivity index (χ1v) is 15.8. The van der Waals surface area contributed by atoms with Crippen LogP contribution in [0, 0.1) is 0 Å². The molecule has 0 saturated carbocycles. The van der Waals surface area contributed by atoms with E-state index in [4.69, 9.17) is 4.74 Å². The van der Waals surface area contributed by atoms with E-state index in [-0.39, 0.29) is 29.6 Å². The summed E-state index contributed by atoms with van der Waals surface area (Å²) in [5.74, 6) is 0.760. The Morgan fingerprint density at radius 1 is 0.951 bits per heavy atom. The van der Waals surface area contributed by atoms with Crippen LogP contribution in [-0.2, 0) is 16.3 Å². The summed E-state index contributed by atoms with van der Waals surface area (Å²) in [5, 5.41) is 12.3. The zero-order valence-corrected chi connectivity index (χ0v) is 23.5. The molecule has 1 amide bonds. The molecular weight excluding hydrogens is 538 g/mol. The summed E-state index contributed by atoms with van der Waals surface area (Å²) >= 11 is 0. The van der Waals surface area contributed by atoms with Gasteiger partial charge in [-0.05, 0) is 37.0 Å². The Kier molecular flexibility index (Phi) is 7.84. The molecule has 0 spiro atoms. The molecule has 3 heterocycles. The van der Waals surface area contributed by atoms with E-state index >= 15 is 0 Å². The maximum atomic E-state index is 14.1. The van der Waals surface area contributed by atoms with Crippen LogP contribution in [0.1, 0.15) is 28.9 Å². The molecule has 0 bridgehead atoms. The number of benzene rings is 3. The van der Waals surface area contributed by atoms with Crippen molar-refractivity contribution >= 4 is 15.7 Å². The zero-order chi connectivity index (χ0) is 28.2. The summed E-state index contributed by atoms with van der Waals surface area (Å²) < 4.78 is 31.5. The molecule has 1 N–H and O–H groups in total. The molecule has 2 saturated heterocycles. The molecule has 1 aromatic heterocycles. The Morgan fingerprint density at radius 3 is 2.44 bits per heavy atom. The summed E-state index contributed by atoms with van der Waals surface area (Å²) in [5.41, 5.74) is 3.64. The molecule has 2 fully saturated rings. The minimum absolute atomic E-state index is 0.0107. The van der Waals surface area contributed by atoms with Crippen molar-refractivity contribution in [2.45, 2.75) is 31.4 Å². The first kappa shape index (κ1) is 27.2. The van der Waals surface area contributed by atoms with Gasteiger partial charge in [0.15, 0.2) is 15.5 Å². The van der Waals surface area contributed by atoms with E-state index in [1.165, 1.54) is 5.56 Å². The van der Waals surface area contributed by atoms with Crippen molar-refractivity contribution in [2.75, 3.05) is 31.1 Å². The Hall–Kier alpha value is -4.02. The lowest BCUT2D eigenvalue weighted by atomic mass is 10.0. The fraction of sp³-hybridized carbons (Fsp3) is 0.323. The van der Waals surface area contributed by atoms with Crippen molar-refractivity contribution in [3.8, 4) is 22.7 Å². The molecule has 10 heteroatoms. The molecular formula is C31H33N5O4S. The number of carbonyl (C=O) groups is 1. The fourth-order valence-corrected chi connectivity index (χ4v) is 7.01. The van der Waals surface area contributed by atoms with Gasteiger partial charge in [0.2, 0.25) is 0 Å². The summed E-state index contributed by atoms with van der Waals surface area (Å²) in [6, 6.07) is 27.4. The summed E-state index contributed by atoms with van der Waals surface area (Å²) in [7, 11) is -2.97. The molecule has 0 aliphatic carbocycles. The van der Waals surface area contributed by atoms with E-state index in [0.717, 1.165) is 12.0 Å². The maximum Gasteiger partial charge on any atom is 0.277 e. The second kappa shape index (κ2) is 11.8. The van der Waals surface area contributed by atoms with Gasteiger partial charge in [0.05, 0.1) is 17.2 Å². The topological polar surface area (TPSA) is 106 Å². The lowest BCUT2D eigenvalue weighted by Crippen LogP contribution is -2.54. The number of sulfone groups is 1. The van der Waals surface area contributed by atoms with Gasteiger partial charge >= 0.3 is 0 Å². The monoisotopic (exact) mass is 571 g/mol. The van der Waals surface area contributed by atoms with Crippen molar-refractivity contribution < 1.29 is 17.9 Å². The largest absolute Gasteiger partial charge is 0.490 e. The number of aromatic nitrogens is 3. The lowest BCUT2D eigenvalue weighted by molar-refractivity contribution is 0.0630. The normalized spacial score (nSPS) is 19.1. The van der Waals surface area contributed by atoms with Gasteiger partial charge < -0.3 is 15.0 Å². The van der Waals surface area contributed by atoms with Gasteiger partial charge in [-0.15, -0.1) is 5.10 Å². The van der Waals surface area contributed by atoms with Gasteiger partial charge in [0.25, 0.3) is 5.91 Å². The third kappa shape index (κ3) is 6.18. The molecule has 3 aromatic carbocycles. The minimum atomic E-state index is -2.97. The fourth-order valence-electron chi connectivity index (χ4n) is 5.56. The average Bonchev–Trinajstić information content (AvgIpc) is 3.45. The highest BCUT2D eigenvalue weighted by molar-refractivity contribution is 7.91. The number of nitrogens with one attached hydrogen (secondary N) is 1. The first-order valence-electron chi connectivity index (χ1n) is 14.0. The van der Waals surface area contributed by atoms with Gasteiger partial charge in [0.1, 0.15) is 17.5 Å². The number of hydrogen-bond acceptors (Lipinski definition) is 7. The smallest absolute Gasteiger partial charge is 0.277 e. The Balaban J connectivity index is 1.32. The second-order valence-electron chi connectivity index (χ2n) is 10.6. The molecule has 4 aromatic rings. The quantitative estimate of drug-likeness (QED) is 0.362. The Labute approximate surface area is 240 Å². The molecule has 2 aliphatic rings. The molecule has 41 heavy (non-hydrogen) atoms. The Morgan fingerprint density at radius 2 is 1.68 bits per heavy atom. The van der Waals surface area contributed by atoms with Crippen molar-refractivity contribution in [1.29, 1.82) is 0 Å². The molecule has 2 aliphatic heterocycles. The molecule has 0 radical (unpaired) electrons. The maximum absolute atomic E-state index is 14.1. The summed E-state index contributed by atoms with van der Waals surface area (Å²) in [6.45, 7) is 2.00. The first-order chi connectivity index (χ1) is 20.0. The number of nitrogens with zero attached hydrogens (tertiary/aromatic N) is 4. The molecule has 0 unspecified atom stereocenters.